The topological polar surface area (TPSA) is 114 Å². The molecule has 2 aromatic carbocycles. The molecule has 0 saturated carbocycles. The Bertz CT molecular complexity index is 1100. The van der Waals surface area contributed by atoms with Gasteiger partial charge < -0.3 is 19.3 Å². The van der Waals surface area contributed by atoms with Gasteiger partial charge in [0.05, 0.1) is 31.5 Å². The third kappa shape index (κ3) is 4.26. The van der Waals surface area contributed by atoms with E-state index >= 15 is 0 Å². The van der Waals surface area contributed by atoms with Crippen LogP contribution in [0.25, 0.3) is 6.08 Å². The van der Waals surface area contributed by atoms with Gasteiger partial charge in [0.25, 0.3) is 11.8 Å². The SMILES string of the molecule is CCOc1cc(/C=C2\C(=O)NC(=O)N(c3cc(OC)c(Cl)cc3OC)C2=O)ccc1O. The maximum absolute atomic E-state index is 13.1. The molecule has 0 spiro atoms. The Morgan fingerprint density at radius 3 is 2.42 bits per heavy atom. The summed E-state index contributed by atoms with van der Waals surface area (Å²) in [6.45, 7) is 2.06. The number of phenols is 1. The Hall–Kier alpha value is -3.72. The summed E-state index contributed by atoms with van der Waals surface area (Å²) >= 11 is 6.10. The van der Waals surface area contributed by atoms with Crippen LogP contribution in [0.15, 0.2) is 35.9 Å². The number of nitrogens with one attached hydrogen (secondary N) is 1. The van der Waals surface area contributed by atoms with Crippen LogP contribution in [0.2, 0.25) is 5.02 Å². The number of amides is 4. The highest BCUT2D eigenvalue weighted by atomic mass is 35.5. The Labute approximate surface area is 182 Å². The van der Waals surface area contributed by atoms with Crippen molar-refractivity contribution in [2.75, 3.05) is 25.7 Å². The van der Waals surface area contributed by atoms with Gasteiger partial charge in [0.1, 0.15) is 17.1 Å². The summed E-state index contributed by atoms with van der Waals surface area (Å²) < 4.78 is 15.7. The third-order valence-corrected chi connectivity index (χ3v) is 4.69. The molecule has 162 valence electrons. The Balaban J connectivity index is 2.08. The van der Waals surface area contributed by atoms with E-state index in [1.165, 1.54) is 50.6 Å². The molecule has 1 heterocycles. The number of anilines is 1. The Morgan fingerprint density at radius 1 is 1.06 bits per heavy atom. The molecular formula is C21H19ClN2O7. The van der Waals surface area contributed by atoms with E-state index in [0.29, 0.717) is 12.2 Å². The molecule has 1 aliphatic heterocycles. The Morgan fingerprint density at radius 2 is 1.77 bits per heavy atom. The van der Waals surface area contributed by atoms with Crippen LogP contribution in [0.3, 0.4) is 0 Å². The quantitative estimate of drug-likeness (QED) is 0.517. The van der Waals surface area contributed by atoms with Gasteiger partial charge >= 0.3 is 6.03 Å². The van der Waals surface area contributed by atoms with Gasteiger partial charge in [-0.2, -0.15) is 0 Å². The summed E-state index contributed by atoms with van der Waals surface area (Å²) in [6, 6.07) is 6.15. The van der Waals surface area contributed by atoms with Gasteiger partial charge in [-0.3, -0.25) is 14.9 Å². The highest BCUT2D eigenvalue weighted by Gasteiger charge is 2.38. The highest BCUT2D eigenvalue weighted by molar-refractivity contribution is 6.39. The molecule has 0 unspecified atom stereocenters. The number of aromatic hydroxyl groups is 1. The molecule has 2 N–H and O–H groups in total. The molecule has 31 heavy (non-hydrogen) atoms. The average molecular weight is 447 g/mol. The van der Waals surface area contributed by atoms with Gasteiger partial charge in [-0.15, -0.1) is 0 Å². The van der Waals surface area contributed by atoms with Gasteiger partial charge in [0, 0.05) is 12.1 Å². The van der Waals surface area contributed by atoms with Crippen LogP contribution in [-0.4, -0.2) is 43.8 Å². The minimum absolute atomic E-state index is 0.0466. The zero-order valence-electron chi connectivity index (χ0n) is 16.9. The van der Waals surface area contributed by atoms with Crippen molar-refractivity contribution in [2.45, 2.75) is 6.92 Å². The first kappa shape index (κ1) is 22.0. The summed E-state index contributed by atoms with van der Waals surface area (Å²) in [5.41, 5.74) is 0.156. The van der Waals surface area contributed by atoms with Gasteiger partial charge in [-0.1, -0.05) is 17.7 Å². The minimum atomic E-state index is -0.949. The zero-order chi connectivity index (χ0) is 22.7. The number of urea groups is 1. The van der Waals surface area contributed by atoms with E-state index in [1.807, 2.05) is 0 Å². The van der Waals surface area contributed by atoms with Crippen LogP contribution < -0.4 is 24.4 Å². The number of methoxy groups -OCH3 is 2. The lowest BCUT2D eigenvalue weighted by Gasteiger charge is -2.28. The second-order valence-corrected chi connectivity index (χ2v) is 6.68. The standard InChI is InChI=1S/C21H19ClN2O7/c1-4-31-18-8-11(5-6-15(18)25)7-12-19(26)23-21(28)24(20(12)27)14-10-16(29-2)13(22)9-17(14)30-3/h5-10,25H,4H2,1-3H3,(H,23,26,28)/b12-7+. The van der Waals surface area contributed by atoms with Crippen molar-refractivity contribution < 1.29 is 33.7 Å². The van der Waals surface area contributed by atoms with E-state index in [4.69, 9.17) is 25.8 Å². The van der Waals surface area contributed by atoms with Crippen LogP contribution in [0, 0.1) is 0 Å². The summed E-state index contributed by atoms with van der Waals surface area (Å²) in [7, 11) is 2.73. The molecule has 2 aromatic rings. The molecular weight excluding hydrogens is 428 g/mol. The monoisotopic (exact) mass is 446 g/mol. The van der Waals surface area contributed by atoms with Crippen LogP contribution >= 0.6 is 11.6 Å². The van der Waals surface area contributed by atoms with E-state index in [-0.39, 0.29) is 39.3 Å². The number of halogens is 1. The fourth-order valence-corrected chi connectivity index (χ4v) is 3.18. The molecule has 10 heteroatoms. The van der Waals surface area contributed by atoms with Crippen molar-refractivity contribution in [3.63, 3.8) is 0 Å². The van der Waals surface area contributed by atoms with E-state index in [2.05, 4.69) is 5.32 Å². The first-order valence-corrected chi connectivity index (χ1v) is 9.47. The molecule has 1 aliphatic rings. The van der Waals surface area contributed by atoms with Crippen LogP contribution in [0.5, 0.6) is 23.0 Å². The van der Waals surface area contributed by atoms with Gasteiger partial charge in [-0.05, 0) is 30.7 Å². The Kier molecular flexibility index (Phi) is 6.36. The lowest BCUT2D eigenvalue weighted by atomic mass is 10.1. The van der Waals surface area contributed by atoms with Gasteiger partial charge in [-0.25, -0.2) is 9.69 Å². The summed E-state index contributed by atoms with van der Waals surface area (Å²) in [5.74, 6) is -1.29. The molecule has 1 saturated heterocycles. The van der Waals surface area contributed by atoms with Crippen molar-refractivity contribution in [3.05, 3.63) is 46.5 Å². The number of benzene rings is 2. The molecule has 9 nitrogen and oxygen atoms in total. The van der Waals surface area contributed by atoms with Crippen LogP contribution in [0.4, 0.5) is 10.5 Å². The number of carbonyl (C=O) groups is 3. The first-order chi connectivity index (χ1) is 14.8. The molecule has 0 atom stereocenters. The number of barbiturate groups is 1. The van der Waals surface area contributed by atoms with Crippen molar-refractivity contribution in [3.8, 4) is 23.0 Å². The predicted octanol–water partition coefficient (Wildman–Crippen LogP) is 3.13. The van der Waals surface area contributed by atoms with Crippen LogP contribution in [-0.2, 0) is 9.59 Å². The first-order valence-electron chi connectivity index (χ1n) is 9.09. The number of hydrogen-bond donors (Lipinski definition) is 2. The number of carbonyl (C=O) groups excluding carboxylic acids is 3. The van der Waals surface area contributed by atoms with Gasteiger partial charge in [0.2, 0.25) is 0 Å². The maximum Gasteiger partial charge on any atom is 0.336 e. The van der Waals surface area contributed by atoms with Crippen molar-refractivity contribution in [1.29, 1.82) is 0 Å². The van der Waals surface area contributed by atoms with E-state index in [0.717, 1.165) is 4.90 Å². The number of imide groups is 2. The van der Waals surface area contributed by atoms with Crippen molar-refractivity contribution in [1.82, 2.24) is 5.32 Å². The molecule has 4 amide bonds. The summed E-state index contributed by atoms with van der Waals surface area (Å²) in [4.78, 5) is 38.8. The predicted molar refractivity (Wildman–Crippen MR) is 113 cm³/mol. The smallest absolute Gasteiger partial charge is 0.336 e. The molecule has 1 fully saturated rings. The molecule has 0 aromatic heterocycles. The fourth-order valence-electron chi connectivity index (χ4n) is 2.95. The summed E-state index contributed by atoms with van der Waals surface area (Å²) in [6.07, 6.45) is 1.29. The average Bonchev–Trinajstić information content (AvgIpc) is 2.74. The normalized spacial score (nSPS) is 15.2. The van der Waals surface area contributed by atoms with Crippen molar-refractivity contribution >= 4 is 41.2 Å². The molecule has 3 rings (SSSR count). The fraction of sp³-hybridized carbons (Fsp3) is 0.190. The van der Waals surface area contributed by atoms with E-state index < -0.39 is 17.8 Å². The lowest BCUT2D eigenvalue weighted by Crippen LogP contribution is -2.54. The second-order valence-electron chi connectivity index (χ2n) is 6.28. The largest absolute Gasteiger partial charge is 0.504 e. The third-order valence-electron chi connectivity index (χ3n) is 4.39. The zero-order valence-corrected chi connectivity index (χ0v) is 17.6. The highest BCUT2D eigenvalue weighted by Crippen LogP contribution is 2.39. The molecule has 0 radical (unpaired) electrons. The number of rotatable bonds is 6. The summed E-state index contributed by atoms with van der Waals surface area (Å²) in [5, 5.41) is 12.2. The van der Waals surface area contributed by atoms with Crippen LogP contribution in [0.1, 0.15) is 12.5 Å². The van der Waals surface area contributed by atoms with Gasteiger partial charge in [0.15, 0.2) is 11.5 Å². The second kappa shape index (κ2) is 8.97. The number of hydrogen-bond acceptors (Lipinski definition) is 7. The molecule has 0 bridgehead atoms. The minimum Gasteiger partial charge on any atom is -0.504 e. The molecule has 0 aliphatic carbocycles. The number of phenolic OH excluding ortho intramolecular Hbond substituents is 1. The van der Waals surface area contributed by atoms with E-state index in [1.54, 1.807) is 6.92 Å². The van der Waals surface area contributed by atoms with Crippen molar-refractivity contribution in [2.24, 2.45) is 0 Å². The van der Waals surface area contributed by atoms with E-state index in [9.17, 15) is 19.5 Å². The maximum atomic E-state index is 13.1. The number of ether oxygens (including phenoxy) is 3. The number of nitrogens with zero attached hydrogens (tertiary/aromatic N) is 1. The lowest BCUT2D eigenvalue weighted by molar-refractivity contribution is -0.122.